The van der Waals surface area contributed by atoms with E-state index in [1.165, 1.54) is 6.92 Å². The van der Waals surface area contributed by atoms with Crippen LogP contribution in [-0.2, 0) is 28.7 Å². The third-order valence-corrected chi connectivity index (χ3v) is 5.81. The maximum Gasteiger partial charge on any atom is 0.244 e. The molecule has 1 radical (unpaired) electrons. The second-order valence-corrected chi connectivity index (χ2v) is 9.11. The van der Waals surface area contributed by atoms with Gasteiger partial charge in [0.2, 0.25) is 29.5 Å². The number of likely N-dealkylation sites (N-methyl/N-ethyl adjacent to an activating group) is 1. The third-order valence-electron chi connectivity index (χ3n) is 5.81. The van der Waals surface area contributed by atoms with Crippen LogP contribution in [0, 0.1) is 38.2 Å². The molecular weight excluding hydrogens is 707 g/mol. The maximum absolute atomic E-state index is 12.8. The first-order chi connectivity index (χ1) is 16.9. The summed E-state index contributed by atoms with van der Waals surface area (Å²) in [7, 11) is 1.55. The Labute approximate surface area is 241 Å². The van der Waals surface area contributed by atoms with Crippen LogP contribution in [0.25, 0.3) is 0 Å². The smallest absolute Gasteiger partial charge is 0.244 e. The summed E-state index contributed by atoms with van der Waals surface area (Å²) >= 11 is 0. The first kappa shape index (κ1) is 35.3. The van der Waals surface area contributed by atoms with Crippen molar-refractivity contribution in [2.45, 2.75) is 82.9 Å². The standard InChI is InChI=1S/C22H40N6O8.Pa/c1-11(2)19(22(35)27-12(3)20(33)26-10-29)28-21(34)14(24-4)5-6-18(32)25-9-16-15(30)7-13(36-16)8-17(23)31;/h11-16,19,24,29-30H,5-10H2,1-4H3,(H2,23,31)(H,25,32)(H,26,33)(H,27,35)(H,28,34);/t12-,13-,14-,15+,16-,19-;/m0./s1. The minimum Gasteiger partial charge on any atom is -0.390 e. The molecule has 0 aliphatic carbocycles. The van der Waals surface area contributed by atoms with Crippen LogP contribution in [0.15, 0.2) is 0 Å². The van der Waals surface area contributed by atoms with Crippen LogP contribution in [0.2, 0.25) is 0 Å². The topological polar surface area (TPSA) is 221 Å². The number of carbonyl (C=O) groups excluding carboxylic acids is 5. The molecule has 0 aromatic carbocycles. The van der Waals surface area contributed by atoms with Crippen molar-refractivity contribution in [3.63, 3.8) is 0 Å². The summed E-state index contributed by atoms with van der Waals surface area (Å²) in [5.41, 5.74) is 5.14. The summed E-state index contributed by atoms with van der Waals surface area (Å²) in [5, 5.41) is 31.6. The van der Waals surface area contributed by atoms with Crippen LogP contribution in [-0.4, -0.2) is 96.5 Å². The molecule has 0 bridgehead atoms. The van der Waals surface area contributed by atoms with Crippen molar-refractivity contribution in [3.8, 4) is 0 Å². The van der Waals surface area contributed by atoms with E-state index in [1.54, 1.807) is 20.9 Å². The molecule has 0 spiro atoms. The number of amides is 5. The van der Waals surface area contributed by atoms with Gasteiger partial charge in [-0.15, -0.1) is 0 Å². The van der Waals surface area contributed by atoms with Gasteiger partial charge in [0.1, 0.15) is 24.9 Å². The van der Waals surface area contributed by atoms with Gasteiger partial charge in [-0.3, -0.25) is 24.0 Å². The Morgan fingerprint density at radius 1 is 1.03 bits per heavy atom. The van der Waals surface area contributed by atoms with Gasteiger partial charge in [-0.05, 0) is 26.3 Å². The molecule has 1 fully saturated rings. The maximum atomic E-state index is 12.8. The molecule has 1 aliphatic rings. The monoisotopic (exact) mass is 747 g/mol. The van der Waals surface area contributed by atoms with Gasteiger partial charge in [0.15, 0.2) is 0 Å². The average Bonchev–Trinajstić information content (AvgIpc) is 3.14. The number of carbonyl (C=O) groups is 5. The molecule has 0 saturated carbocycles. The van der Waals surface area contributed by atoms with E-state index in [4.69, 9.17) is 15.6 Å². The summed E-state index contributed by atoms with van der Waals surface area (Å²) in [6.07, 6.45) is -1.62. The summed E-state index contributed by atoms with van der Waals surface area (Å²) in [6, 6.07) is -2.62. The van der Waals surface area contributed by atoms with Crippen LogP contribution in [0.4, 0.5) is 0 Å². The van der Waals surface area contributed by atoms with E-state index in [-0.39, 0.29) is 76.4 Å². The zero-order valence-corrected chi connectivity index (χ0v) is 26.6. The van der Waals surface area contributed by atoms with Gasteiger partial charge in [0, 0.05) is 51.7 Å². The first-order valence-electron chi connectivity index (χ1n) is 11.9. The molecule has 0 unspecified atom stereocenters. The van der Waals surface area contributed by atoms with Crippen LogP contribution >= 0.6 is 0 Å². The Morgan fingerprint density at radius 3 is 2.22 bits per heavy atom. The molecule has 5 amide bonds. The molecule has 9 N–H and O–H groups in total. The molecule has 1 aliphatic heterocycles. The number of hydrogen-bond acceptors (Lipinski definition) is 9. The first-order valence-corrected chi connectivity index (χ1v) is 11.9. The molecule has 1 saturated heterocycles. The van der Waals surface area contributed by atoms with Gasteiger partial charge < -0.3 is 47.3 Å². The molecule has 6 atom stereocenters. The number of nitrogens with two attached hydrogens (primary N) is 1. The normalized spacial score (nSPS) is 21.2. The summed E-state index contributed by atoms with van der Waals surface area (Å²) < 4.78 is 5.55. The fourth-order valence-electron chi connectivity index (χ4n) is 3.73. The number of aliphatic hydroxyl groups is 2. The fraction of sp³-hybridized carbons (Fsp3) is 0.773. The van der Waals surface area contributed by atoms with Crippen LogP contribution < -0.4 is 32.3 Å². The Morgan fingerprint density at radius 2 is 1.68 bits per heavy atom. The van der Waals surface area contributed by atoms with E-state index in [0.717, 1.165) is 0 Å². The van der Waals surface area contributed by atoms with Crippen LogP contribution in [0.5, 0.6) is 0 Å². The van der Waals surface area contributed by atoms with Gasteiger partial charge in [-0.25, -0.2) is 0 Å². The van der Waals surface area contributed by atoms with Gasteiger partial charge in [-0.2, -0.15) is 0 Å². The number of aliphatic hydroxyl groups excluding tert-OH is 2. The van der Waals surface area contributed by atoms with Crippen LogP contribution in [0.1, 0.15) is 46.5 Å². The zero-order valence-electron chi connectivity index (χ0n) is 21.8. The van der Waals surface area contributed by atoms with Crippen molar-refractivity contribution in [1.82, 2.24) is 26.6 Å². The second kappa shape index (κ2) is 17.7. The average molecular weight is 748 g/mol. The summed E-state index contributed by atoms with van der Waals surface area (Å²) in [4.78, 5) is 60.4. The molecule has 37 heavy (non-hydrogen) atoms. The van der Waals surface area contributed by atoms with Gasteiger partial charge in [-0.1, -0.05) is 13.8 Å². The Kier molecular flexibility index (Phi) is 16.9. The van der Waals surface area contributed by atoms with E-state index in [0.29, 0.717) is 0 Å². The fourth-order valence-corrected chi connectivity index (χ4v) is 3.73. The predicted molar refractivity (Wildman–Crippen MR) is 128 cm³/mol. The number of rotatable bonds is 15. The summed E-state index contributed by atoms with van der Waals surface area (Å²) in [5.74, 6) is -2.81. The van der Waals surface area contributed by atoms with E-state index in [9.17, 15) is 29.1 Å². The minimum absolute atomic E-state index is 0. The number of primary amides is 1. The number of nitrogens with one attached hydrogen (secondary N) is 5. The van der Waals surface area contributed by atoms with Crippen molar-refractivity contribution in [3.05, 3.63) is 0 Å². The Bertz CT molecular complexity index is 786. The van der Waals surface area contributed by atoms with Crippen molar-refractivity contribution in [2.75, 3.05) is 20.3 Å². The predicted octanol–water partition coefficient (Wildman–Crippen LogP) is -3.42. The molecule has 0 aromatic heterocycles. The molecule has 1 rings (SSSR count). The number of hydrogen-bond donors (Lipinski definition) is 8. The van der Waals surface area contributed by atoms with Crippen molar-refractivity contribution in [2.24, 2.45) is 11.7 Å². The number of ether oxygens (including phenoxy) is 1. The Hall–Kier alpha value is -1.72. The van der Waals surface area contributed by atoms with Crippen molar-refractivity contribution >= 4 is 29.5 Å². The molecule has 14 nitrogen and oxygen atoms in total. The van der Waals surface area contributed by atoms with Gasteiger partial charge >= 0.3 is 0 Å². The molecule has 1 heterocycles. The molecular formula is C22H40N6O8Pa. The van der Waals surface area contributed by atoms with E-state index in [1.807, 2.05) is 0 Å². The molecule has 15 heteroatoms. The SMILES string of the molecule is CN[C@@H](CCC(=O)NC[C@@H]1O[C@H](CC(N)=O)C[C@H]1O)C(=O)N[C@H](C(=O)N[C@@H](C)C(=O)NCO)C(C)C.[Pa]. The van der Waals surface area contributed by atoms with Crippen molar-refractivity contribution < 1.29 is 71.2 Å². The van der Waals surface area contributed by atoms with Crippen molar-refractivity contribution in [1.29, 1.82) is 0 Å². The zero-order chi connectivity index (χ0) is 27.4. The van der Waals surface area contributed by atoms with E-state index < -0.39 is 66.8 Å². The quantitative estimate of drug-likeness (QED) is 0.0781. The largest absolute Gasteiger partial charge is 0.390 e. The summed E-state index contributed by atoms with van der Waals surface area (Å²) in [6.45, 7) is 4.40. The Balaban J connectivity index is 0.0000130. The molecule has 0 aromatic rings. The van der Waals surface area contributed by atoms with Gasteiger partial charge in [0.25, 0.3) is 0 Å². The second-order valence-electron chi connectivity index (χ2n) is 9.11. The van der Waals surface area contributed by atoms with Crippen LogP contribution in [0.3, 0.4) is 0 Å². The van der Waals surface area contributed by atoms with E-state index in [2.05, 4.69) is 26.6 Å². The van der Waals surface area contributed by atoms with Gasteiger partial charge in [0.05, 0.1) is 24.7 Å². The van der Waals surface area contributed by atoms with E-state index >= 15 is 0 Å². The third kappa shape index (κ3) is 12.6. The minimum atomic E-state index is -0.930. The molecule has 209 valence electrons.